The standard InChI is InChI=1S/C14H32N2/c1-4-13(2)14(3)16-12-10-8-6-5-7-9-11-15/h13-14,16H,4-12,15H2,1-3H3. The highest BCUT2D eigenvalue weighted by Crippen LogP contribution is 2.07. The van der Waals surface area contributed by atoms with E-state index in [1.165, 1.54) is 51.5 Å². The van der Waals surface area contributed by atoms with Crippen LogP contribution in [0.4, 0.5) is 0 Å². The molecule has 0 fully saturated rings. The average molecular weight is 228 g/mol. The average Bonchev–Trinajstić information content (AvgIpc) is 2.31. The van der Waals surface area contributed by atoms with Crippen molar-refractivity contribution in [2.24, 2.45) is 11.7 Å². The van der Waals surface area contributed by atoms with Gasteiger partial charge in [0, 0.05) is 6.04 Å². The molecule has 0 rings (SSSR count). The molecule has 2 heteroatoms. The van der Waals surface area contributed by atoms with Crippen LogP contribution < -0.4 is 11.1 Å². The van der Waals surface area contributed by atoms with Crippen molar-refractivity contribution in [3.63, 3.8) is 0 Å². The summed E-state index contributed by atoms with van der Waals surface area (Å²) < 4.78 is 0. The zero-order valence-corrected chi connectivity index (χ0v) is 11.6. The van der Waals surface area contributed by atoms with Crippen LogP contribution in [-0.2, 0) is 0 Å². The van der Waals surface area contributed by atoms with Gasteiger partial charge in [0.25, 0.3) is 0 Å². The Hall–Kier alpha value is -0.0800. The molecule has 0 aromatic rings. The Morgan fingerprint density at radius 3 is 2.06 bits per heavy atom. The maximum atomic E-state index is 5.46. The first kappa shape index (κ1) is 15.9. The number of nitrogens with two attached hydrogens (primary N) is 1. The molecule has 16 heavy (non-hydrogen) atoms. The predicted octanol–water partition coefficient (Wildman–Crippen LogP) is 3.31. The highest BCUT2D eigenvalue weighted by atomic mass is 14.9. The van der Waals surface area contributed by atoms with Gasteiger partial charge >= 0.3 is 0 Å². The molecule has 0 aromatic heterocycles. The first-order chi connectivity index (χ1) is 7.72. The predicted molar refractivity (Wildman–Crippen MR) is 73.7 cm³/mol. The van der Waals surface area contributed by atoms with Crippen molar-refractivity contribution < 1.29 is 0 Å². The smallest absolute Gasteiger partial charge is 0.00642 e. The number of rotatable bonds is 11. The lowest BCUT2D eigenvalue weighted by atomic mass is 10.0. The Bertz CT molecular complexity index is 137. The Kier molecular flexibility index (Phi) is 11.3. The zero-order valence-electron chi connectivity index (χ0n) is 11.6. The fraction of sp³-hybridized carbons (Fsp3) is 1.00. The van der Waals surface area contributed by atoms with Crippen molar-refractivity contribution in [1.29, 1.82) is 0 Å². The zero-order chi connectivity index (χ0) is 12.2. The lowest BCUT2D eigenvalue weighted by Crippen LogP contribution is -2.32. The summed E-state index contributed by atoms with van der Waals surface area (Å²) in [5, 5.41) is 3.62. The van der Waals surface area contributed by atoms with E-state index in [-0.39, 0.29) is 0 Å². The monoisotopic (exact) mass is 228 g/mol. The topological polar surface area (TPSA) is 38.0 Å². The van der Waals surface area contributed by atoms with E-state index in [4.69, 9.17) is 5.73 Å². The van der Waals surface area contributed by atoms with Gasteiger partial charge in [0.1, 0.15) is 0 Å². The van der Waals surface area contributed by atoms with Gasteiger partial charge in [-0.25, -0.2) is 0 Å². The number of unbranched alkanes of at least 4 members (excludes halogenated alkanes) is 5. The molecule has 0 aliphatic rings. The molecular weight excluding hydrogens is 196 g/mol. The highest BCUT2D eigenvalue weighted by molar-refractivity contribution is 4.66. The first-order valence-electron chi connectivity index (χ1n) is 7.15. The minimum atomic E-state index is 0.669. The van der Waals surface area contributed by atoms with Crippen molar-refractivity contribution in [1.82, 2.24) is 5.32 Å². The van der Waals surface area contributed by atoms with E-state index in [0.717, 1.165) is 12.5 Å². The summed E-state index contributed by atoms with van der Waals surface area (Å²) >= 11 is 0. The second-order valence-corrected chi connectivity index (χ2v) is 5.04. The van der Waals surface area contributed by atoms with Crippen LogP contribution in [0, 0.1) is 5.92 Å². The fourth-order valence-corrected chi connectivity index (χ4v) is 1.86. The molecule has 0 radical (unpaired) electrons. The van der Waals surface area contributed by atoms with Crippen molar-refractivity contribution in [3.8, 4) is 0 Å². The third-order valence-electron chi connectivity index (χ3n) is 3.59. The Balaban J connectivity index is 3.14. The van der Waals surface area contributed by atoms with Gasteiger partial charge in [0.05, 0.1) is 0 Å². The second kappa shape index (κ2) is 11.4. The molecule has 0 aliphatic carbocycles. The Labute approximate surface area is 102 Å². The SMILES string of the molecule is CCC(C)C(C)NCCCCCCCCN. The van der Waals surface area contributed by atoms with Gasteiger partial charge in [-0.2, -0.15) is 0 Å². The lowest BCUT2D eigenvalue weighted by Gasteiger charge is -2.19. The molecule has 0 aliphatic heterocycles. The van der Waals surface area contributed by atoms with Gasteiger partial charge in [-0.3, -0.25) is 0 Å². The van der Waals surface area contributed by atoms with Crippen LogP contribution in [0.25, 0.3) is 0 Å². The van der Waals surface area contributed by atoms with Crippen LogP contribution in [0.15, 0.2) is 0 Å². The molecule has 0 heterocycles. The van der Waals surface area contributed by atoms with Gasteiger partial charge in [-0.15, -0.1) is 0 Å². The summed E-state index contributed by atoms with van der Waals surface area (Å²) in [7, 11) is 0. The minimum absolute atomic E-state index is 0.669. The third kappa shape index (κ3) is 9.17. The molecule has 0 bridgehead atoms. The molecule has 0 saturated carbocycles. The summed E-state index contributed by atoms with van der Waals surface area (Å²) in [6, 6.07) is 0.669. The highest BCUT2D eigenvalue weighted by Gasteiger charge is 2.07. The van der Waals surface area contributed by atoms with Crippen molar-refractivity contribution in [2.45, 2.75) is 71.8 Å². The molecule has 2 atom stereocenters. The number of hydrogen-bond donors (Lipinski definition) is 2. The van der Waals surface area contributed by atoms with E-state index < -0.39 is 0 Å². The van der Waals surface area contributed by atoms with Gasteiger partial charge in [0.2, 0.25) is 0 Å². The van der Waals surface area contributed by atoms with Gasteiger partial charge in [-0.05, 0) is 38.8 Å². The molecule has 0 saturated heterocycles. The Morgan fingerprint density at radius 2 is 1.50 bits per heavy atom. The van der Waals surface area contributed by atoms with Crippen LogP contribution in [0.1, 0.15) is 65.7 Å². The second-order valence-electron chi connectivity index (χ2n) is 5.04. The van der Waals surface area contributed by atoms with Crippen molar-refractivity contribution in [3.05, 3.63) is 0 Å². The van der Waals surface area contributed by atoms with Gasteiger partial charge < -0.3 is 11.1 Å². The molecule has 2 unspecified atom stereocenters. The van der Waals surface area contributed by atoms with Crippen molar-refractivity contribution >= 4 is 0 Å². The molecule has 0 amide bonds. The number of hydrogen-bond acceptors (Lipinski definition) is 2. The summed E-state index contributed by atoms with van der Waals surface area (Å²) in [4.78, 5) is 0. The van der Waals surface area contributed by atoms with Crippen LogP contribution in [0.2, 0.25) is 0 Å². The van der Waals surface area contributed by atoms with Crippen LogP contribution in [0.5, 0.6) is 0 Å². The van der Waals surface area contributed by atoms with E-state index in [2.05, 4.69) is 26.1 Å². The summed E-state index contributed by atoms with van der Waals surface area (Å²) in [6.45, 7) is 8.93. The van der Waals surface area contributed by atoms with Crippen LogP contribution in [0.3, 0.4) is 0 Å². The molecule has 98 valence electrons. The van der Waals surface area contributed by atoms with Gasteiger partial charge in [-0.1, -0.05) is 46.0 Å². The van der Waals surface area contributed by atoms with Crippen LogP contribution in [-0.4, -0.2) is 19.1 Å². The van der Waals surface area contributed by atoms with E-state index in [9.17, 15) is 0 Å². The molecule has 2 nitrogen and oxygen atoms in total. The summed E-state index contributed by atoms with van der Waals surface area (Å²) in [5.41, 5.74) is 5.46. The summed E-state index contributed by atoms with van der Waals surface area (Å²) in [5.74, 6) is 0.796. The number of nitrogens with one attached hydrogen (secondary N) is 1. The largest absolute Gasteiger partial charge is 0.330 e. The first-order valence-corrected chi connectivity index (χ1v) is 7.15. The molecule has 3 N–H and O–H groups in total. The normalized spacial score (nSPS) is 15.0. The van der Waals surface area contributed by atoms with E-state index in [1.54, 1.807) is 0 Å². The molecular formula is C14H32N2. The minimum Gasteiger partial charge on any atom is -0.330 e. The lowest BCUT2D eigenvalue weighted by molar-refractivity contribution is 0.386. The van der Waals surface area contributed by atoms with Gasteiger partial charge in [0.15, 0.2) is 0 Å². The molecule has 0 spiro atoms. The fourth-order valence-electron chi connectivity index (χ4n) is 1.86. The molecule has 0 aromatic carbocycles. The Morgan fingerprint density at radius 1 is 0.938 bits per heavy atom. The van der Waals surface area contributed by atoms with E-state index in [0.29, 0.717) is 6.04 Å². The third-order valence-corrected chi connectivity index (χ3v) is 3.59. The van der Waals surface area contributed by atoms with Crippen LogP contribution >= 0.6 is 0 Å². The van der Waals surface area contributed by atoms with E-state index in [1.807, 2.05) is 0 Å². The maximum absolute atomic E-state index is 5.46. The maximum Gasteiger partial charge on any atom is 0.00642 e. The van der Waals surface area contributed by atoms with E-state index >= 15 is 0 Å². The summed E-state index contributed by atoms with van der Waals surface area (Å²) in [6.07, 6.45) is 9.20. The van der Waals surface area contributed by atoms with Crippen molar-refractivity contribution in [2.75, 3.05) is 13.1 Å². The quantitative estimate of drug-likeness (QED) is 0.532.